The van der Waals surface area contributed by atoms with Gasteiger partial charge in [0.05, 0.1) is 24.2 Å². The molecule has 1 aliphatic carbocycles. The number of hydrogen-bond donors (Lipinski definition) is 0. The number of fused-ring (bicyclic) bond motifs is 3. The minimum Gasteiger partial charge on any atom is -0.489 e. The van der Waals surface area contributed by atoms with E-state index >= 15 is 0 Å². The lowest BCUT2D eigenvalue weighted by Crippen LogP contribution is -2.46. The summed E-state index contributed by atoms with van der Waals surface area (Å²) in [6.07, 6.45) is 13.5. The predicted octanol–water partition coefficient (Wildman–Crippen LogP) is 3.08. The Morgan fingerprint density at radius 1 is 1.13 bits per heavy atom. The average Bonchev–Trinajstić information content (AvgIpc) is 3.33. The zero-order chi connectivity index (χ0) is 15.3. The van der Waals surface area contributed by atoms with Crippen molar-refractivity contribution in [2.45, 2.75) is 56.6 Å². The summed E-state index contributed by atoms with van der Waals surface area (Å²) < 4.78 is 6.14. The summed E-state index contributed by atoms with van der Waals surface area (Å²) in [5.41, 5.74) is 1.71. The number of hydrogen-bond acceptors (Lipinski definition) is 4. The molecule has 3 unspecified atom stereocenters. The summed E-state index contributed by atoms with van der Waals surface area (Å²) in [4.78, 5) is 9.76. The Kier molecular flexibility index (Phi) is 3.29. The quantitative estimate of drug-likeness (QED) is 0.857. The van der Waals surface area contributed by atoms with E-state index in [0.29, 0.717) is 11.6 Å². The first-order chi connectivity index (χ1) is 11.3. The second-order valence-corrected chi connectivity index (χ2v) is 8.10. The van der Waals surface area contributed by atoms with Crippen LogP contribution in [0.15, 0.2) is 18.5 Å². The molecule has 1 aromatic rings. The molecule has 1 aromatic heterocycles. The summed E-state index contributed by atoms with van der Waals surface area (Å²) in [5.74, 6) is 1.92. The van der Waals surface area contributed by atoms with Crippen LogP contribution in [0.25, 0.3) is 0 Å². The second kappa shape index (κ2) is 5.37. The van der Waals surface area contributed by atoms with Crippen LogP contribution < -0.4 is 9.64 Å². The first-order valence-corrected chi connectivity index (χ1v) is 9.42. The standard InChI is InChI=1S/C19H27N3O/c1-2-4-17(3-1)23-18-9-16(11-20-12-18)21-8-6-19(14-21)10-15-5-7-22(19)13-15/h9,11-12,15,17H,1-8,10,13-14H2. The van der Waals surface area contributed by atoms with Gasteiger partial charge in [-0.05, 0) is 57.4 Å². The van der Waals surface area contributed by atoms with Crippen LogP contribution in [-0.4, -0.2) is 47.7 Å². The molecule has 3 atom stereocenters. The molecule has 0 N–H and O–H groups in total. The van der Waals surface area contributed by atoms with Gasteiger partial charge in [0, 0.05) is 31.2 Å². The lowest BCUT2D eigenvalue weighted by molar-refractivity contribution is 0.155. The number of rotatable bonds is 3. The van der Waals surface area contributed by atoms with Gasteiger partial charge in [-0.2, -0.15) is 0 Å². The Labute approximate surface area is 138 Å². The van der Waals surface area contributed by atoms with Gasteiger partial charge >= 0.3 is 0 Å². The molecule has 3 saturated heterocycles. The molecule has 23 heavy (non-hydrogen) atoms. The van der Waals surface area contributed by atoms with Gasteiger partial charge in [-0.1, -0.05) is 0 Å². The molecule has 0 aromatic carbocycles. The Morgan fingerprint density at radius 2 is 2.04 bits per heavy atom. The molecule has 0 amide bonds. The number of aromatic nitrogens is 1. The number of ether oxygens (including phenoxy) is 1. The molecule has 2 bridgehead atoms. The SMILES string of the molecule is c1ncc(N2CCC3(CC4CCN3C4)C2)cc1OC1CCCC1. The highest BCUT2D eigenvalue weighted by Crippen LogP contribution is 2.46. The Bertz CT molecular complexity index is 586. The highest BCUT2D eigenvalue weighted by molar-refractivity contribution is 5.50. The van der Waals surface area contributed by atoms with Crippen molar-refractivity contribution in [3.63, 3.8) is 0 Å². The van der Waals surface area contributed by atoms with Crippen LogP contribution in [0.5, 0.6) is 5.75 Å². The predicted molar refractivity (Wildman–Crippen MR) is 91.0 cm³/mol. The molecule has 4 heterocycles. The Balaban J connectivity index is 1.30. The van der Waals surface area contributed by atoms with E-state index in [-0.39, 0.29) is 0 Å². The summed E-state index contributed by atoms with van der Waals surface area (Å²) in [6, 6.07) is 2.22. The largest absolute Gasteiger partial charge is 0.489 e. The smallest absolute Gasteiger partial charge is 0.140 e. The molecule has 3 aliphatic heterocycles. The molecule has 4 aliphatic rings. The van der Waals surface area contributed by atoms with E-state index in [1.165, 1.54) is 70.3 Å². The Morgan fingerprint density at radius 3 is 2.83 bits per heavy atom. The minimum absolute atomic E-state index is 0.411. The summed E-state index contributed by atoms with van der Waals surface area (Å²) in [5, 5.41) is 0. The van der Waals surface area contributed by atoms with Crippen LogP contribution in [-0.2, 0) is 0 Å². The molecule has 5 rings (SSSR count). The van der Waals surface area contributed by atoms with E-state index < -0.39 is 0 Å². The monoisotopic (exact) mass is 313 g/mol. The van der Waals surface area contributed by atoms with Gasteiger partial charge in [-0.25, -0.2) is 0 Å². The third-order valence-corrected chi connectivity index (χ3v) is 6.63. The molecular formula is C19H27N3O. The molecular weight excluding hydrogens is 286 g/mol. The second-order valence-electron chi connectivity index (χ2n) is 8.10. The fourth-order valence-corrected chi connectivity index (χ4v) is 5.44. The molecule has 4 heteroatoms. The number of anilines is 1. The maximum absolute atomic E-state index is 6.14. The average molecular weight is 313 g/mol. The zero-order valence-corrected chi connectivity index (χ0v) is 13.9. The van der Waals surface area contributed by atoms with Crippen LogP contribution in [0, 0.1) is 5.92 Å². The van der Waals surface area contributed by atoms with Gasteiger partial charge in [0.1, 0.15) is 5.75 Å². The van der Waals surface area contributed by atoms with Crippen molar-refractivity contribution in [3.8, 4) is 5.75 Å². The van der Waals surface area contributed by atoms with Crippen LogP contribution in [0.4, 0.5) is 5.69 Å². The van der Waals surface area contributed by atoms with E-state index in [1.807, 2.05) is 12.4 Å². The molecule has 1 saturated carbocycles. The van der Waals surface area contributed by atoms with Gasteiger partial charge in [-0.15, -0.1) is 0 Å². The molecule has 1 spiro atoms. The topological polar surface area (TPSA) is 28.6 Å². The summed E-state index contributed by atoms with van der Waals surface area (Å²) in [6.45, 7) is 5.01. The van der Waals surface area contributed by atoms with E-state index in [0.717, 1.165) is 18.2 Å². The Hall–Kier alpha value is -1.29. The minimum atomic E-state index is 0.411. The van der Waals surface area contributed by atoms with Crippen molar-refractivity contribution >= 4 is 5.69 Å². The van der Waals surface area contributed by atoms with E-state index in [1.54, 1.807) is 0 Å². The normalized spacial score (nSPS) is 36.4. The third-order valence-electron chi connectivity index (χ3n) is 6.63. The van der Waals surface area contributed by atoms with Crippen LogP contribution in [0.2, 0.25) is 0 Å². The third kappa shape index (κ3) is 2.42. The first kappa shape index (κ1) is 14.1. The molecule has 4 fully saturated rings. The zero-order valence-electron chi connectivity index (χ0n) is 13.9. The van der Waals surface area contributed by atoms with Crippen molar-refractivity contribution in [1.29, 1.82) is 0 Å². The van der Waals surface area contributed by atoms with Gasteiger partial charge in [0.15, 0.2) is 0 Å². The first-order valence-electron chi connectivity index (χ1n) is 9.42. The van der Waals surface area contributed by atoms with E-state index in [2.05, 4.69) is 20.9 Å². The maximum atomic E-state index is 6.14. The number of piperidine rings is 1. The van der Waals surface area contributed by atoms with Gasteiger partial charge in [-0.3, -0.25) is 9.88 Å². The summed E-state index contributed by atoms with van der Waals surface area (Å²) >= 11 is 0. The van der Waals surface area contributed by atoms with Gasteiger partial charge < -0.3 is 9.64 Å². The number of nitrogens with zero attached hydrogens (tertiary/aromatic N) is 3. The lowest BCUT2D eigenvalue weighted by Gasteiger charge is -2.36. The fourth-order valence-electron chi connectivity index (χ4n) is 5.44. The van der Waals surface area contributed by atoms with Crippen LogP contribution >= 0.6 is 0 Å². The molecule has 124 valence electrons. The highest BCUT2D eigenvalue weighted by atomic mass is 16.5. The van der Waals surface area contributed by atoms with E-state index in [4.69, 9.17) is 4.74 Å². The van der Waals surface area contributed by atoms with Gasteiger partial charge in [0.2, 0.25) is 0 Å². The molecule has 0 radical (unpaired) electrons. The number of pyridine rings is 1. The summed E-state index contributed by atoms with van der Waals surface area (Å²) in [7, 11) is 0. The van der Waals surface area contributed by atoms with Crippen molar-refractivity contribution in [1.82, 2.24) is 9.88 Å². The fraction of sp³-hybridized carbons (Fsp3) is 0.737. The van der Waals surface area contributed by atoms with Crippen molar-refractivity contribution in [3.05, 3.63) is 18.5 Å². The van der Waals surface area contributed by atoms with Crippen LogP contribution in [0.3, 0.4) is 0 Å². The van der Waals surface area contributed by atoms with E-state index in [9.17, 15) is 0 Å². The van der Waals surface area contributed by atoms with Crippen molar-refractivity contribution in [2.75, 3.05) is 31.1 Å². The van der Waals surface area contributed by atoms with Crippen molar-refractivity contribution in [2.24, 2.45) is 5.92 Å². The highest BCUT2D eigenvalue weighted by Gasteiger charge is 2.52. The van der Waals surface area contributed by atoms with Crippen molar-refractivity contribution < 1.29 is 4.74 Å². The maximum Gasteiger partial charge on any atom is 0.140 e. The lowest BCUT2D eigenvalue weighted by atomic mass is 9.87. The van der Waals surface area contributed by atoms with Crippen LogP contribution in [0.1, 0.15) is 44.9 Å². The molecule has 4 nitrogen and oxygen atoms in total. The van der Waals surface area contributed by atoms with Gasteiger partial charge in [0.25, 0.3) is 0 Å².